The molecule has 0 spiro atoms. The highest BCUT2D eigenvalue weighted by Crippen LogP contribution is 2.40. The number of hydrogen-bond acceptors (Lipinski definition) is 5. The van der Waals surface area contributed by atoms with E-state index < -0.39 is 36.6 Å². The summed E-state index contributed by atoms with van der Waals surface area (Å²) >= 11 is 4.51. The molecular weight excluding hydrogens is 537 g/mol. The summed E-state index contributed by atoms with van der Waals surface area (Å²) in [5.41, 5.74) is -1.64. The third-order valence-electron chi connectivity index (χ3n) is 6.08. The van der Waals surface area contributed by atoms with Crippen molar-refractivity contribution >= 4 is 47.2 Å². The van der Waals surface area contributed by atoms with Crippen molar-refractivity contribution in [2.75, 3.05) is 6.61 Å². The van der Waals surface area contributed by atoms with Gasteiger partial charge in [0.2, 0.25) is 0 Å². The van der Waals surface area contributed by atoms with Gasteiger partial charge in [0.05, 0.1) is 5.54 Å². The molecule has 0 saturated carbocycles. The number of alkyl carbamates (subject to hydrolysis) is 1. The van der Waals surface area contributed by atoms with E-state index in [-0.39, 0.29) is 15.7 Å². The molecule has 0 aliphatic carbocycles. The minimum absolute atomic E-state index is 0.0900. The summed E-state index contributed by atoms with van der Waals surface area (Å²) in [7, 11) is -1.92. The molecule has 0 heterocycles. The molecule has 0 aromatic heterocycles. The van der Waals surface area contributed by atoms with Crippen LogP contribution >= 0.6 is 27.7 Å². The van der Waals surface area contributed by atoms with Crippen LogP contribution in [-0.4, -0.2) is 37.0 Å². The third kappa shape index (κ3) is 9.28. The maximum absolute atomic E-state index is 15.1. The van der Waals surface area contributed by atoms with E-state index in [0.29, 0.717) is 23.9 Å². The smallest absolute Gasteiger partial charge is 0.408 e. The molecular formula is C25H41BrFNO4SSi. The fraction of sp³-hybridized carbons (Fsp3) is 0.680. The Kier molecular flexibility index (Phi) is 10.9. The van der Waals surface area contributed by atoms with Crippen molar-refractivity contribution in [3.05, 3.63) is 34.1 Å². The van der Waals surface area contributed by atoms with E-state index in [0.717, 1.165) is 11.8 Å². The van der Waals surface area contributed by atoms with Gasteiger partial charge in [-0.1, -0.05) is 48.5 Å². The topological polar surface area (TPSA) is 64.6 Å². The zero-order chi connectivity index (χ0) is 26.5. The number of halogens is 2. The standard InChI is InChI=1S/C25H41BrFNO4SSi/c1-17(29)33-21(12-11-15-31-34(9,10)24(5,6)7)25(8,28-22(30)32-23(2,3)4)19-16-18(26)13-14-20(19)27/h13-14,16,21H,11-12,15H2,1-10H3,(H,28,30)/t21-,25?/m1/s1. The largest absolute Gasteiger partial charge is 0.444 e. The Morgan fingerprint density at radius 3 is 2.24 bits per heavy atom. The van der Waals surface area contributed by atoms with Gasteiger partial charge in [0.25, 0.3) is 0 Å². The van der Waals surface area contributed by atoms with Crippen molar-refractivity contribution in [2.45, 2.75) is 103 Å². The molecule has 1 aromatic carbocycles. The van der Waals surface area contributed by atoms with Gasteiger partial charge in [-0.2, -0.15) is 0 Å². The fourth-order valence-corrected chi connectivity index (χ4v) is 5.77. The average molecular weight is 579 g/mol. The number of carbonyl (C=O) groups excluding carboxylic acids is 2. The molecule has 0 fully saturated rings. The highest BCUT2D eigenvalue weighted by atomic mass is 79.9. The highest BCUT2D eigenvalue weighted by molar-refractivity contribution is 9.10. The minimum Gasteiger partial charge on any atom is -0.444 e. The summed E-state index contributed by atoms with van der Waals surface area (Å²) in [4.78, 5) is 25.0. The number of nitrogens with one attached hydrogen (secondary N) is 1. The molecule has 1 N–H and O–H groups in total. The number of hydrogen-bond donors (Lipinski definition) is 1. The van der Waals surface area contributed by atoms with Crippen LogP contribution in [0.1, 0.15) is 73.8 Å². The summed E-state index contributed by atoms with van der Waals surface area (Å²) in [6.07, 6.45) is 0.538. The molecule has 0 radical (unpaired) electrons. The Labute approximate surface area is 218 Å². The monoisotopic (exact) mass is 577 g/mol. The van der Waals surface area contributed by atoms with Gasteiger partial charge in [-0.05, 0) is 76.9 Å². The predicted molar refractivity (Wildman–Crippen MR) is 145 cm³/mol. The second-order valence-corrected chi connectivity index (χ2v) is 18.4. The van der Waals surface area contributed by atoms with Gasteiger partial charge in [0.1, 0.15) is 11.4 Å². The van der Waals surface area contributed by atoms with Gasteiger partial charge >= 0.3 is 6.09 Å². The van der Waals surface area contributed by atoms with E-state index in [1.54, 1.807) is 39.8 Å². The zero-order valence-electron chi connectivity index (χ0n) is 22.2. The SMILES string of the molecule is CC(=O)S[C@H](CCCO[Si](C)(C)C(C)(C)C)C(C)(NC(=O)OC(C)(C)C)c1cc(Br)ccc1F. The summed E-state index contributed by atoms with van der Waals surface area (Å²) in [5.74, 6) is -0.464. The van der Waals surface area contributed by atoms with Gasteiger partial charge in [0, 0.05) is 28.8 Å². The van der Waals surface area contributed by atoms with Gasteiger partial charge in [-0.15, -0.1) is 0 Å². The molecule has 0 aliphatic heterocycles. The second-order valence-electron chi connectivity index (χ2n) is 11.3. The van der Waals surface area contributed by atoms with E-state index in [4.69, 9.17) is 9.16 Å². The predicted octanol–water partition coefficient (Wildman–Crippen LogP) is 7.78. The lowest BCUT2D eigenvalue weighted by molar-refractivity contribution is -0.109. The molecule has 0 saturated heterocycles. The Morgan fingerprint density at radius 1 is 1.15 bits per heavy atom. The lowest BCUT2D eigenvalue weighted by Crippen LogP contribution is -2.52. The van der Waals surface area contributed by atoms with Crippen molar-refractivity contribution in [1.82, 2.24) is 5.32 Å². The zero-order valence-corrected chi connectivity index (χ0v) is 25.6. The van der Waals surface area contributed by atoms with Crippen LogP contribution in [0.2, 0.25) is 18.1 Å². The van der Waals surface area contributed by atoms with E-state index in [9.17, 15) is 9.59 Å². The van der Waals surface area contributed by atoms with Crippen LogP contribution in [0.15, 0.2) is 22.7 Å². The Bertz CT molecular complexity index is 869. The first-order valence-corrected chi connectivity index (χ1v) is 16.1. The van der Waals surface area contributed by atoms with Crippen molar-refractivity contribution in [1.29, 1.82) is 0 Å². The Hall–Kier alpha value is -0.903. The van der Waals surface area contributed by atoms with Crippen LogP contribution in [0, 0.1) is 5.82 Å². The van der Waals surface area contributed by atoms with E-state index >= 15 is 4.39 Å². The highest BCUT2D eigenvalue weighted by Gasteiger charge is 2.42. The van der Waals surface area contributed by atoms with Crippen LogP contribution in [0.5, 0.6) is 0 Å². The molecule has 2 atom stereocenters. The van der Waals surface area contributed by atoms with Crippen LogP contribution in [-0.2, 0) is 19.5 Å². The van der Waals surface area contributed by atoms with E-state index in [1.165, 1.54) is 13.0 Å². The summed E-state index contributed by atoms with van der Waals surface area (Å²) in [6, 6.07) is 4.60. The van der Waals surface area contributed by atoms with Gasteiger partial charge < -0.3 is 14.5 Å². The van der Waals surface area contributed by atoms with Gasteiger partial charge in [-0.3, -0.25) is 4.79 Å². The number of carbonyl (C=O) groups is 2. The third-order valence-corrected chi connectivity index (χ3v) is 12.4. The number of rotatable bonds is 9. The summed E-state index contributed by atoms with van der Waals surface area (Å²) in [6.45, 7) is 20.0. The summed E-state index contributed by atoms with van der Waals surface area (Å²) in [5, 5.41) is 2.44. The van der Waals surface area contributed by atoms with Gasteiger partial charge in [-0.25, -0.2) is 9.18 Å². The van der Waals surface area contributed by atoms with Crippen molar-refractivity contribution < 1.29 is 23.1 Å². The molecule has 0 aliphatic rings. The number of thioether (sulfide) groups is 1. The van der Waals surface area contributed by atoms with Crippen molar-refractivity contribution in [3.8, 4) is 0 Å². The maximum Gasteiger partial charge on any atom is 0.408 e. The van der Waals surface area contributed by atoms with Crippen molar-refractivity contribution in [3.63, 3.8) is 0 Å². The molecule has 0 bridgehead atoms. The Balaban J connectivity index is 3.29. The molecule has 1 unspecified atom stereocenters. The quantitative estimate of drug-likeness (QED) is 0.240. The van der Waals surface area contributed by atoms with Gasteiger partial charge in [0.15, 0.2) is 13.4 Å². The number of benzene rings is 1. The molecule has 34 heavy (non-hydrogen) atoms. The lowest BCUT2D eigenvalue weighted by atomic mass is 9.85. The average Bonchev–Trinajstić information content (AvgIpc) is 2.63. The van der Waals surface area contributed by atoms with Crippen LogP contribution in [0.3, 0.4) is 0 Å². The van der Waals surface area contributed by atoms with Crippen LogP contribution in [0.4, 0.5) is 9.18 Å². The molecule has 9 heteroatoms. The van der Waals surface area contributed by atoms with E-state index in [1.807, 2.05) is 0 Å². The first kappa shape index (κ1) is 31.1. The van der Waals surface area contributed by atoms with Crippen LogP contribution < -0.4 is 5.32 Å². The number of ether oxygens (including phenoxy) is 1. The second kappa shape index (κ2) is 11.9. The van der Waals surface area contributed by atoms with E-state index in [2.05, 4.69) is 55.1 Å². The molecule has 194 valence electrons. The fourth-order valence-electron chi connectivity index (χ4n) is 3.21. The minimum atomic E-state index is -1.92. The van der Waals surface area contributed by atoms with Crippen molar-refractivity contribution in [2.24, 2.45) is 0 Å². The first-order chi connectivity index (χ1) is 15.3. The summed E-state index contributed by atoms with van der Waals surface area (Å²) < 4.78 is 27.6. The molecule has 5 nitrogen and oxygen atoms in total. The maximum atomic E-state index is 15.1. The first-order valence-electron chi connectivity index (χ1n) is 11.6. The number of amides is 1. The molecule has 1 amide bonds. The van der Waals surface area contributed by atoms with Crippen LogP contribution in [0.25, 0.3) is 0 Å². The normalized spacial score (nSPS) is 15.4. The lowest BCUT2D eigenvalue weighted by Gasteiger charge is -2.39. The molecule has 1 rings (SSSR count). The Morgan fingerprint density at radius 2 is 1.74 bits per heavy atom. The molecule has 1 aromatic rings.